The standard InChI is InChI=1S/C13H16N2OS/c1-11-4-10-17-13(11)12(16)3-5-15-8-6-14(2)7-9-15/h4,10H,6-9H2,1-2H3. The van der Waals surface area contributed by atoms with Gasteiger partial charge in [0.2, 0.25) is 5.78 Å². The Morgan fingerprint density at radius 3 is 2.65 bits per heavy atom. The molecule has 17 heavy (non-hydrogen) atoms. The van der Waals surface area contributed by atoms with Gasteiger partial charge in [0, 0.05) is 38.1 Å². The second-order valence-electron chi connectivity index (χ2n) is 4.29. The Labute approximate surface area is 106 Å². The highest BCUT2D eigenvalue weighted by Crippen LogP contribution is 2.15. The number of nitrogens with zero attached hydrogens (tertiary/aromatic N) is 2. The molecule has 0 radical (unpaired) electrons. The van der Waals surface area contributed by atoms with E-state index in [1.807, 2.05) is 23.3 Å². The highest BCUT2D eigenvalue weighted by Gasteiger charge is 2.11. The fourth-order valence-corrected chi connectivity index (χ4v) is 2.53. The van der Waals surface area contributed by atoms with E-state index in [2.05, 4.69) is 23.9 Å². The average molecular weight is 248 g/mol. The summed E-state index contributed by atoms with van der Waals surface area (Å²) in [6.45, 7) is 5.81. The van der Waals surface area contributed by atoms with Gasteiger partial charge in [0.25, 0.3) is 0 Å². The van der Waals surface area contributed by atoms with Crippen molar-refractivity contribution in [1.29, 1.82) is 0 Å². The van der Waals surface area contributed by atoms with Crippen LogP contribution in [0.15, 0.2) is 11.4 Å². The number of rotatable bonds is 1. The zero-order valence-corrected chi connectivity index (χ0v) is 11.0. The van der Waals surface area contributed by atoms with Crippen LogP contribution in [0.3, 0.4) is 0 Å². The van der Waals surface area contributed by atoms with E-state index in [-0.39, 0.29) is 5.78 Å². The van der Waals surface area contributed by atoms with E-state index in [1.54, 1.807) is 0 Å². The van der Waals surface area contributed by atoms with Gasteiger partial charge in [0.15, 0.2) is 0 Å². The Morgan fingerprint density at radius 2 is 2.06 bits per heavy atom. The van der Waals surface area contributed by atoms with E-state index in [4.69, 9.17) is 0 Å². The van der Waals surface area contributed by atoms with Crippen LogP contribution in [0.4, 0.5) is 0 Å². The second kappa shape index (κ2) is 5.35. The monoisotopic (exact) mass is 248 g/mol. The van der Waals surface area contributed by atoms with Gasteiger partial charge in [-0.05, 0) is 31.0 Å². The first-order valence-corrected chi connectivity index (χ1v) is 6.58. The maximum atomic E-state index is 11.8. The Kier molecular flexibility index (Phi) is 3.82. The Bertz CT molecular complexity index is 461. The number of carbonyl (C=O) groups is 1. The number of carbonyl (C=O) groups excluding carboxylic acids is 1. The van der Waals surface area contributed by atoms with Crippen LogP contribution in [0, 0.1) is 18.9 Å². The number of likely N-dealkylation sites (N-methyl/N-ethyl adjacent to an activating group) is 1. The molecule has 1 aromatic rings. The van der Waals surface area contributed by atoms with E-state index in [1.165, 1.54) is 11.3 Å². The van der Waals surface area contributed by atoms with Gasteiger partial charge in [0.05, 0.1) is 4.88 Å². The fourth-order valence-electron chi connectivity index (χ4n) is 1.71. The first kappa shape index (κ1) is 12.2. The highest BCUT2D eigenvalue weighted by atomic mass is 32.1. The molecule has 90 valence electrons. The molecule has 0 aliphatic carbocycles. The molecular formula is C13H16N2OS. The first-order valence-electron chi connectivity index (χ1n) is 5.70. The number of piperazine rings is 1. The molecule has 1 fully saturated rings. The molecule has 2 rings (SSSR count). The second-order valence-corrected chi connectivity index (χ2v) is 5.21. The molecule has 1 aliphatic rings. The van der Waals surface area contributed by atoms with Crippen LogP contribution >= 0.6 is 11.3 Å². The van der Waals surface area contributed by atoms with Crippen LogP contribution in [0.2, 0.25) is 0 Å². The number of aryl methyl sites for hydroxylation is 1. The molecule has 1 aliphatic heterocycles. The fraction of sp³-hybridized carbons (Fsp3) is 0.462. The maximum absolute atomic E-state index is 11.8. The molecule has 1 saturated heterocycles. The van der Waals surface area contributed by atoms with Gasteiger partial charge < -0.3 is 9.80 Å². The number of Topliss-reactive ketones (excluding diaryl/α,β-unsaturated/α-hetero) is 1. The lowest BCUT2D eigenvalue weighted by Gasteiger charge is -2.29. The molecule has 2 heterocycles. The summed E-state index contributed by atoms with van der Waals surface area (Å²) < 4.78 is 0. The summed E-state index contributed by atoms with van der Waals surface area (Å²) in [5.74, 6) is 2.68. The molecule has 0 saturated carbocycles. The van der Waals surface area contributed by atoms with Gasteiger partial charge in [-0.3, -0.25) is 4.79 Å². The quantitative estimate of drug-likeness (QED) is 0.555. The third kappa shape index (κ3) is 3.09. The zero-order chi connectivity index (χ0) is 12.3. The lowest BCUT2D eigenvalue weighted by atomic mass is 10.2. The van der Waals surface area contributed by atoms with Crippen LogP contribution in [0.5, 0.6) is 0 Å². The maximum Gasteiger partial charge on any atom is 0.247 e. The normalized spacial score (nSPS) is 16.5. The van der Waals surface area contributed by atoms with Crippen molar-refractivity contribution < 1.29 is 4.79 Å². The lowest BCUT2D eigenvalue weighted by Crippen LogP contribution is -2.42. The summed E-state index contributed by atoms with van der Waals surface area (Å²) in [6, 6.07) is 4.93. The number of hydrogen-bond donors (Lipinski definition) is 0. The molecule has 0 aromatic carbocycles. The molecule has 0 spiro atoms. The molecule has 0 N–H and O–H groups in total. The third-order valence-electron chi connectivity index (χ3n) is 2.90. The van der Waals surface area contributed by atoms with Crippen molar-refractivity contribution in [1.82, 2.24) is 9.80 Å². The van der Waals surface area contributed by atoms with Crippen LogP contribution < -0.4 is 0 Å². The summed E-state index contributed by atoms with van der Waals surface area (Å²) in [7, 11) is 2.10. The van der Waals surface area contributed by atoms with Crippen molar-refractivity contribution in [3.8, 4) is 12.0 Å². The van der Waals surface area contributed by atoms with Gasteiger partial charge in [-0.2, -0.15) is 0 Å². The minimum Gasteiger partial charge on any atom is -0.330 e. The Hall–Kier alpha value is -1.31. The summed E-state index contributed by atoms with van der Waals surface area (Å²) in [6.07, 6.45) is 0. The van der Waals surface area contributed by atoms with Crippen molar-refractivity contribution >= 4 is 17.1 Å². The van der Waals surface area contributed by atoms with Gasteiger partial charge >= 0.3 is 0 Å². The van der Waals surface area contributed by atoms with Crippen LogP contribution in [0.25, 0.3) is 0 Å². The Balaban J connectivity index is 1.98. The predicted octanol–water partition coefficient (Wildman–Crippen LogP) is 1.45. The summed E-state index contributed by atoms with van der Waals surface area (Å²) in [4.78, 5) is 16.9. The van der Waals surface area contributed by atoms with Crippen LogP contribution in [-0.4, -0.2) is 48.8 Å². The number of thiophene rings is 1. The van der Waals surface area contributed by atoms with Gasteiger partial charge in [-0.1, -0.05) is 0 Å². The van der Waals surface area contributed by atoms with Crippen LogP contribution in [-0.2, 0) is 0 Å². The van der Waals surface area contributed by atoms with E-state index >= 15 is 0 Å². The minimum absolute atomic E-state index is 0.0589. The molecule has 1 aromatic heterocycles. The number of ketones is 1. The van der Waals surface area contributed by atoms with Crippen LogP contribution in [0.1, 0.15) is 15.2 Å². The minimum atomic E-state index is -0.0589. The molecule has 3 nitrogen and oxygen atoms in total. The molecule has 4 heteroatoms. The molecule has 0 amide bonds. The summed E-state index contributed by atoms with van der Waals surface area (Å²) in [5.41, 5.74) is 1.02. The average Bonchev–Trinajstić information content (AvgIpc) is 2.74. The predicted molar refractivity (Wildman–Crippen MR) is 70.2 cm³/mol. The van der Waals surface area contributed by atoms with E-state index in [0.29, 0.717) is 0 Å². The topological polar surface area (TPSA) is 23.6 Å². The van der Waals surface area contributed by atoms with Gasteiger partial charge in [0.1, 0.15) is 0 Å². The molecule has 0 atom stereocenters. The van der Waals surface area contributed by atoms with Crippen molar-refractivity contribution in [2.45, 2.75) is 6.92 Å². The van der Waals surface area contributed by atoms with E-state index < -0.39 is 0 Å². The van der Waals surface area contributed by atoms with Crippen molar-refractivity contribution in [2.24, 2.45) is 0 Å². The van der Waals surface area contributed by atoms with Crippen molar-refractivity contribution in [2.75, 3.05) is 33.2 Å². The van der Waals surface area contributed by atoms with Gasteiger partial charge in [-0.25, -0.2) is 0 Å². The van der Waals surface area contributed by atoms with E-state index in [0.717, 1.165) is 36.6 Å². The first-order chi connectivity index (χ1) is 8.16. The summed E-state index contributed by atoms with van der Waals surface area (Å²) >= 11 is 1.47. The smallest absolute Gasteiger partial charge is 0.247 e. The SMILES string of the molecule is Cc1ccsc1C(=O)C#CN1CCN(C)CC1. The highest BCUT2D eigenvalue weighted by molar-refractivity contribution is 7.12. The molecule has 0 unspecified atom stereocenters. The number of hydrogen-bond acceptors (Lipinski definition) is 4. The van der Waals surface area contributed by atoms with Crippen molar-refractivity contribution in [3.05, 3.63) is 21.9 Å². The third-order valence-corrected chi connectivity index (χ3v) is 3.91. The lowest BCUT2D eigenvalue weighted by molar-refractivity contribution is 0.105. The molecule has 0 bridgehead atoms. The van der Waals surface area contributed by atoms with Gasteiger partial charge in [-0.15, -0.1) is 11.3 Å². The largest absolute Gasteiger partial charge is 0.330 e. The zero-order valence-electron chi connectivity index (χ0n) is 10.2. The summed E-state index contributed by atoms with van der Waals surface area (Å²) in [5, 5.41) is 1.93. The van der Waals surface area contributed by atoms with Crippen molar-refractivity contribution in [3.63, 3.8) is 0 Å². The molecular weight excluding hydrogens is 232 g/mol. The Morgan fingerprint density at radius 1 is 1.35 bits per heavy atom. The van der Waals surface area contributed by atoms with E-state index in [9.17, 15) is 4.79 Å².